The lowest BCUT2D eigenvalue weighted by molar-refractivity contribution is 0.164. The fraction of sp³-hybridized carbons (Fsp3) is 1.00. The summed E-state index contributed by atoms with van der Waals surface area (Å²) in [6, 6.07) is 0. The van der Waals surface area contributed by atoms with Crippen molar-refractivity contribution in [3.8, 4) is 0 Å². The molecule has 1 fully saturated rings. The van der Waals surface area contributed by atoms with Crippen LogP contribution in [0.5, 0.6) is 0 Å². The minimum atomic E-state index is 0.435. The molecule has 0 amide bonds. The quantitative estimate of drug-likeness (QED) is 0.634. The minimum Gasteiger partial charge on any atom is -0.288 e. The number of nitrogens with one attached hydrogen (secondary N) is 2. The van der Waals surface area contributed by atoms with Gasteiger partial charge in [-0.1, -0.05) is 13.8 Å². The number of rotatable bonds is 5. The van der Waals surface area contributed by atoms with Crippen molar-refractivity contribution in [3.05, 3.63) is 0 Å². The molecule has 0 radical (unpaired) electrons. The smallest absolute Gasteiger partial charge is 0.114 e. The molecule has 0 saturated carbocycles. The van der Waals surface area contributed by atoms with Crippen LogP contribution in [0.1, 0.15) is 26.7 Å². The van der Waals surface area contributed by atoms with E-state index in [9.17, 15) is 0 Å². The van der Waals surface area contributed by atoms with Crippen LogP contribution >= 0.6 is 0 Å². The first-order chi connectivity index (χ1) is 5.88. The second-order valence-electron chi connectivity index (χ2n) is 3.35. The Morgan fingerprint density at radius 2 is 1.58 bits per heavy atom. The Bertz CT molecular complexity index is 104. The van der Waals surface area contributed by atoms with Crippen LogP contribution in [-0.2, 0) is 0 Å². The van der Waals surface area contributed by atoms with Gasteiger partial charge in [-0.15, -0.1) is 0 Å². The van der Waals surface area contributed by atoms with Crippen LogP contribution in [0, 0.1) is 0 Å². The molecule has 72 valence electrons. The maximum atomic E-state index is 3.44. The molecular weight excluding hydrogens is 150 g/mol. The molecule has 12 heavy (non-hydrogen) atoms. The van der Waals surface area contributed by atoms with Gasteiger partial charge in [-0.2, -0.15) is 0 Å². The molecule has 1 heterocycles. The van der Waals surface area contributed by atoms with Gasteiger partial charge < -0.3 is 0 Å². The normalized spacial score (nSPS) is 19.2. The van der Waals surface area contributed by atoms with Gasteiger partial charge in [0.15, 0.2) is 0 Å². The molecule has 1 aliphatic rings. The highest BCUT2D eigenvalue weighted by atomic mass is 15.4. The van der Waals surface area contributed by atoms with Crippen molar-refractivity contribution in [2.24, 2.45) is 0 Å². The average molecular weight is 171 g/mol. The average Bonchev–Trinajstić information content (AvgIpc) is 2.56. The molecule has 0 unspecified atom stereocenters. The van der Waals surface area contributed by atoms with E-state index in [1.165, 1.54) is 25.9 Å². The lowest BCUT2D eigenvalue weighted by Gasteiger charge is -2.27. The second-order valence-corrected chi connectivity index (χ2v) is 3.35. The maximum absolute atomic E-state index is 3.44. The Hall–Kier alpha value is -0.120. The zero-order valence-electron chi connectivity index (χ0n) is 8.27. The monoisotopic (exact) mass is 171 g/mol. The Kier molecular flexibility index (Phi) is 4.58. The van der Waals surface area contributed by atoms with Crippen molar-refractivity contribution in [2.75, 3.05) is 26.2 Å². The molecule has 1 aliphatic heterocycles. The van der Waals surface area contributed by atoms with Crippen molar-refractivity contribution in [1.29, 1.82) is 0 Å². The van der Waals surface area contributed by atoms with Gasteiger partial charge in [0.1, 0.15) is 6.29 Å². The molecule has 3 heteroatoms. The van der Waals surface area contributed by atoms with Crippen molar-refractivity contribution in [2.45, 2.75) is 33.0 Å². The van der Waals surface area contributed by atoms with Crippen molar-refractivity contribution >= 4 is 0 Å². The SMILES string of the molecule is CCCN(CCC)C1NCCN1. The number of hydrogen-bond acceptors (Lipinski definition) is 3. The van der Waals surface area contributed by atoms with Crippen LogP contribution in [0.3, 0.4) is 0 Å². The summed E-state index contributed by atoms with van der Waals surface area (Å²) < 4.78 is 0. The van der Waals surface area contributed by atoms with Gasteiger partial charge in [0, 0.05) is 26.2 Å². The number of nitrogens with zero attached hydrogens (tertiary/aromatic N) is 1. The molecule has 0 bridgehead atoms. The van der Waals surface area contributed by atoms with Crippen LogP contribution in [0.2, 0.25) is 0 Å². The van der Waals surface area contributed by atoms with Crippen LogP contribution in [0.4, 0.5) is 0 Å². The van der Waals surface area contributed by atoms with E-state index in [1.807, 2.05) is 0 Å². The Balaban J connectivity index is 2.29. The summed E-state index contributed by atoms with van der Waals surface area (Å²) in [6.07, 6.45) is 2.91. The number of hydrogen-bond donors (Lipinski definition) is 2. The van der Waals surface area contributed by atoms with E-state index in [-0.39, 0.29) is 0 Å². The summed E-state index contributed by atoms with van der Waals surface area (Å²) in [5.74, 6) is 0. The fourth-order valence-electron chi connectivity index (χ4n) is 1.69. The van der Waals surface area contributed by atoms with E-state index in [0.29, 0.717) is 6.29 Å². The summed E-state index contributed by atoms with van der Waals surface area (Å²) in [5.41, 5.74) is 0. The highest BCUT2D eigenvalue weighted by molar-refractivity contribution is 4.73. The van der Waals surface area contributed by atoms with Gasteiger partial charge in [0.2, 0.25) is 0 Å². The predicted octanol–water partition coefficient (Wildman–Crippen LogP) is 0.585. The molecule has 0 aromatic rings. The molecule has 0 aromatic carbocycles. The van der Waals surface area contributed by atoms with Gasteiger partial charge >= 0.3 is 0 Å². The summed E-state index contributed by atoms with van der Waals surface area (Å²) >= 11 is 0. The third-order valence-corrected chi connectivity index (χ3v) is 2.19. The fourth-order valence-corrected chi connectivity index (χ4v) is 1.69. The van der Waals surface area contributed by atoms with Crippen molar-refractivity contribution in [1.82, 2.24) is 15.5 Å². The summed E-state index contributed by atoms with van der Waals surface area (Å²) in [4.78, 5) is 2.48. The third-order valence-electron chi connectivity index (χ3n) is 2.19. The zero-order valence-corrected chi connectivity index (χ0v) is 8.27. The summed E-state index contributed by atoms with van der Waals surface area (Å²) in [5, 5.41) is 6.88. The Labute approximate surface area is 75.5 Å². The van der Waals surface area contributed by atoms with E-state index in [0.717, 1.165) is 13.1 Å². The van der Waals surface area contributed by atoms with E-state index in [4.69, 9.17) is 0 Å². The van der Waals surface area contributed by atoms with Crippen molar-refractivity contribution in [3.63, 3.8) is 0 Å². The maximum Gasteiger partial charge on any atom is 0.114 e. The zero-order chi connectivity index (χ0) is 8.81. The van der Waals surface area contributed by atoms with Crippen LogP contribution in [-0.4, -0.2) is 37.4 Å². The van der Waals surface area contributed by atoms with Crippen LogP contribution < -0.4 is 10.6 Å². The van der Waals surface area contributed by atoms with Gasteiger partial charge in [-0.05, 0) is 12.8 Å². The highest BCUT2D eigenvalue weighted by Crippen LogP contribution is 1.99. The molecule has 3 nitrogen and oxygen atoms in total. The van der Waals surface area contributed by atoms with Gasteiger partial charge in [-0.25, -0.2) is 0 Å². The first-order valence-corrected chi connectivity index (χ1v) is 5.09. The van der Waals surface area contributed by atoms with Gasteiger partial charge in [0.05, 0.1) is 0 Å². The van der Waals surface area contributed by atoms with E-state index < -0.39 is 0 Å². The largest absolute Gasteiger partial charge is 0.288 e. The lowest BCUT2D eigenvalue weighted by atomic mass is 10.3. The van der Waals surface area contributed by atoms with Crippen LogP contribution in [0.15, 0.2) is 0 Å². The van der Waals surface area contributed by atoms with E-state index in [1.54, 1.807) is 0 Å². The Morgan fingerprint density at radius 1 is 1.08 bits per heavy atom. The standard InChI is InChI=1S/C9H21N3/c1-3-7-12(8-4-2)9-10-5-6-11-9/h9-11H,3-8H2,1-2H3. The molecular formula is C9H21N3. The lowest BCUT2D eigenvalue weighted by Crippen LogP contribution is -2.49. The van der Waals surface area contributed by atoms with E-state index in [2.05, 4.69) is 29.4 Å². The molecule has 0 spiro atoms. The molecule has 0 atom stereocenters. The van der Waals surface area contributed by atoms with Gasteiger partial charge in [-0.3, -0.25) is 15.5 Å². The summed E-state index contributed by atoms with van der Waals surface area (Å²) in [6.45, 7) is 9.06. The molecule has 1 saturated heterocycles. The predicted molar refractivity (Wildman–Crippen MR) is 51.9 cm³/mol. The van der Waals surface area contributed by atoms with Crippen molar-refractivity contribution < 1.29 is 0 Å². The first-order valence-electron chi connectivity index (χ1n) is 5.09. The topological polar surface area (TPSA) is 27.3 Å². The molecule has 2 N–H and O–H groups in total. The minimum absolute atomic E-state index is 0.435. The second kappa shape index (κ2) is 5.51. The highest BCUT2D eigenvalue weighted by Gasteiger charge is 2.18. The molecule has 1 rings (SSSR count). The molecule has 0 aromatic heterocycles. The molecule has 0 aliphatic carbocycles. The first kappa shape index (κ1) is 9.96. The van der Waals surface area contributed by atoms with E-state index >= 15 is 0 Å². The van der Waals surface area contributed by atoms with Crippen LogP contribution in [0.25, 0.3) is 0 Å². The third kappa shape index (κ3) is 2.73. The summed E-state index contributed by atoms with van der Waals surface area (Å²) in [7, 11) is 0. The van der Waals surface area contributed by atoms with Gasteiger partial charge in [0.25, 0.3) is 0 Å². The Morgan fingerprint density at radius 3 is 2.00 bits per heavy atom.